The van der Waals surface area contributed by atoms with Gasteiger partial charge in [0.1, 0.15) is 0 Å². The Morgan fingerprint density at radius 3 is 3.16 bits per heavy atom. The largest absolute Gasteiger partial charge is 0.334 e. The monoisotopic (exact) mass is 262 g/mol. The van der Waals surface area contributed by atoms with Crippen molar-refractivity contribution >= 4 is 5.91 Å². The first kappa shape index (κ1) is 12.7. The van der Waals surface area contributed by atoms with E-state index < -0.39 is 0 Å². The third-order valence-corrected chi connectivity index (χ3v) is 4.41. The van der Waals surface area contributed by atoms with Crippen molar-refractivity contribution in [1.29, 1.82) is 0 Å². The predicted octanol–water partition coefficient (Wildman–Crippen LogP) is 0.806. The van der Waals surface area contributed by atoms with E-state index in [-0.39, 0.29) is 5.91 Å². The summed E-state index contributed by atoms with van der Waals surface area (Å²) in [6.45, 7) is 4.94. The Balaban J connectivity index is 1.86. The quantitative estimate of drug-likeness (QED) is 0.858. The van der Waals surface area contributed by atoms with Crippen LogP contribution in [0.2, 0.25) is 0 Å². The molecule has 1 amide bonds. The second kappa shape index (κ2) is 4.96. The third-order valence-electron chi connectivity index (χ3n) is 4.41. The van der Waals surface area contributed by atoms with E-state index in [2.05, 4.69) is 22.2 Å². The van der Waals surface area contributed by atoms with Crippen molar-refractivity contribution in [2.75, 3.05) is 19.6 Å². The van der Waals surface area contributed by atoms with Crippen LogP contribution in [0.25, 0.3) is 0 Å². The molecule has 5 heteroatoms. The van der Waals surface area contributed by atoms with Crippen LogP contribution < -0.4 is 5.32 Å². The van der Waals surface area contributed by atoms with E-state index in [0.29, 0.717) is 12.0 Å². The Labute approximate surface area is 114 Å². The van der Waals surface area contributed by atoms with E-state index in [1.165, 1.54) is 6.42 Å². The maximum absolute atomic E-state index is 12.8. The molecule has 0 bridgehead atoms. The molecule has 0 saturated carbocycles. The highest BCUT2D eigenvalue weighted by molar-refractivity contribution is 5.95. The Bertz CT molecular complexity index is 482. The molecule has 19 heavy (non-hydrogen) atoms. The molecule has 3 heterocycles. The minimum absolute atomic E-state index is 0.170. The highest BCUT2D eigenvalue weighted by atomic mass is 16.2. The van der Waals surface area contributed by atoms with Crippen molar-refractivity contribution < 1.29 is 4.79 Å². The first-order valence-corrected chi connectivity index (χ1v) is 7.25. The first-order chi connectivity index (χ1) is 9.20. The van der Waals surface area contributed by atoms with Gasteiger partial charge >= 0.3 is 0 Å². The summed E-state index contributed by atoms with van der Waals surface area (Å²) in [6.07, 6.45) is 5.04. The minimum Gasteiger partial charge on any atom is -0.334 e. The Hall–Kier alpha value is -1.36. The van der Waals surface area contributed by atoms with Crippen LogP contribution in [0.1, 0.15) is 35.8 Å². The van der Waals surface area contributed by atoms with Crippen LogP contribution in [-0.2, 0) is 13.5 Å². The first-order valence-electron chi connectivity index (χ1n) is 7.25. The maximum atomic E-state index is 12.8. The zero-order valence-corrected chi connectivity index (χ0v) is 11.7. The molecule has 0 spiro atoms. The van der Waals surface area contributed by atoms with Crippen molar-refractivity contribution in [3.63, 3.8) is 0 Å². The van der Waals surface area contributed by atoms with E-state index in [9.17, 15) is 4.79 Å². The standard InChI is InChI=1S/C14H22N4O/c1-3-12-11(9-17(2)16-12)14(19)18-6-4-5-10-7-15-8-13(10)18/h9-10,13,15H,3-8H2,1-2H3. The number of amides is 1. The SMILES string of the molecule is CCc1nn(C)cc1C(=O)N1CCCC2CNCC21. The van der Waals surface area contributed by atoms with Gasteiger partial charge in [0.25, 0.3) is 5.91 Å². The van der Waals surface area contributed by atoms with Crippen LogP contribution in [0.3, 0.4) is 0 Å². The molecule has 1 aromatic heterocycles. The van der Waals surface area contributed by atoms with Gasteiger partial charge in [0.05, 0.1) is 11.3 Å². The Morgan fingerprint density at radius 2 is 2.37 bits per heavy atom. The molecule has 2 unspecified atom stereocenters. The molecule has 2 atom stereocenters. The summed E-state index contributed by atoms with van der Waals surface area (Å²) in [5.74, 6) is 0.808. The van der Waals surface area contributed by atoms with Gasteiger partial charge in [0, 0.05) is 38.9 Å². The molecule has 5 nitrogen and oxygen atoms in total. The van der Waals surface area contributed by atoms with Gasteiger partial charge in [-0.3, -0.25) is 9.48 Å². The number of aryl methyl sites for hydroxylation is 2. The highest BCUT2D eigenvalue weighted by Crippen LogP contribution is 2.28. The van der Waals surface area contributed by atoms with Crippen LogP contribution in [0.15, 0.2) is 6.20 Å². The number of aromatic nitrogens is 2. The number of piperidine rings is 1. The van der Waals surface area contributed by atoms with Crippen LogP contribution in [-0.4, -0.2) is 46.3 Å². The van der Waals surface area contributed by atoms with Gasteiger partial charge in [-0.1, -0.05) is 6.92 Å². The Kier molecular flexibility index (Phi) is 3.31. The van der Waals surface area contributed by atoms with Gasteiger partial charge in [-0.05, 0) is 25.2 Å². The summed E-state index contributed by atoms with van der Waals surface area (Å²) in [5.41, 5.74) is 1.71. The molecule has 104 valence electrons. The van der Waals surface area contributed by atoms with Crippen molar-refractivity contribution in [2.24, 2.45) is 13.0 Å². The summed E-state index contributed by atoms with van der Waals surface area (Å²) < 4.78 is 1.75. The van der Waals surface area contributed by atoms with E-state index in [0.717, 1.165) is 43.7 Å². The third kappa shape index (κ3) is 2.16. The lowest BCUT2D eigenvalue weighted by atomic mass is 9.91. The number of carbonyl (C=O) groups is 1. The van der Waals surface area contributed by atoms with Crippen LogP contribution in [0.4, 0.5) is 0 Å². The second-order valence-electron chi connectivity index (χ2n) is 5.64. The topological polar surface area (TPSA) is 50.2 Å². The fraction of sp³-hybridized carbons (Fsp3) is 0.714. The highest BCUT2D eigenvalue weighted by Gasteiger charge is 2.38. The zero-order valence-electron chi connectivity index (χ0n) is 11.7. The smallest absolute Gasteiger partial charge is 0.257 e. The van der Waals surface area contributed by atoms with Gasteiger partial charge in [-0.25, -0.2) is 0 Å². The molecule has 1 aromatic rings. The lowest BCUT2D eigenvalue weighted by Crippen LogP contribution is -2.48. The number of rotatable bonds is 2. The number of carbonyl (C=O) groups excluding carboxylic acids is 1. The number of nitrogens with zero attached hydrogens (tertiary/aromatic N) is 3. The van der Waals surface area contributed by atoms with Gasteiger partial charge in [-0.15, -0.1) is 0 Å². The van der Waals surface area contributed by atoms with Crippen LogP contribution in [0.5, 0.6) is 0 Å². The molecule has 0 aromatic carbocycles. The lowest BCUT2D eigenvalue weighted by molar-refractivity contribution is 0.0573. The van der Waals surface area contributed by atoms with Crippen LogP contribution >= 0.6 is 0 Å². The van der Waals surface area contributed by atoms with Crippen molar-refractivity contribution in [3.05, 3.63) is 17.5 Å². The molecule has 2 aliphatic heterocycles. The summed E-state index contributed by atoms with van der Waals surface area (Å²) >= 11 is 0. The fourth-order valence-electron chi connectivity index (χ4n) is 3.45. The summed E-state index contributed by atoms with van der Waals surface area (Å²) in [7, 11) is 1.88. The fourth-order valence-corrected chi connectivity index (χ4v) is 3.45. The number of nitrogens with one attached hydrogen (secondary N) is 1. The van der Waals surface area contributed by atoms with E-state index in [1.54, 1.807) is 4.68 Å². The van der Waals surface area contributed by atoms with Gasteiger partial charge in [-0.2, -0.15) is 5.10 Å². The second-order valence-corrected chi connectivity index (χ2v) is 5.64. The number of hydrogen-bond donors (Lipinski definition) is 1. The summed E-state index contributed by atoms with van der Waals surface area (Å²) in [4.78, 5) is 14.9. The normalized spacial score (nSPS) is 26.5. The number of fused-ring (bicyclic) bond motifs is 1. The Morgan fingerprint density at radius 1 is 1.53 bits per heavy atom. The lowest BCUT2D eigenvalue weighted by Gasteiger charge is -2.37. The molecule has 3 rings (SSSR count). The molecule has 0 aliphatic carbocycles. The summed E-state index contributed by atoms with van der Waals surface area (Å²) in [6, 6.07) is 0.381. The van der Waals surface area contributed by atoms with Gasteiger partial charge in [0.15, 0.2) is 0 Å². The number of likely N-dealkylation sites (tertiary alicyclic amines) is 1. The molecule has 2 aliphatic rings. The van der Waals surface area contributed by atoms with E-state index >= 15 is 0 Å². The molecule has 1 N–H and O–H groups in total. The maximum Gasteiger partial charge on any atom is 0.257 e. The number of hydrogen-bond acceptors (Lipinski definition) is 3. The summed E-state index contributed by atoms with van der Waals surface area (Å²) in [5, 5.41) is 7.80. The van der Waals surface area contributed by atoms with E-state index in [4.69, 9.17) is 0 Å². The zero-order chi connectivity index (χ0) is 13.4. The van der Waals surface area contributed by atoms with Crippen LogP contribution in [0, 0.1) is 5.92 Å². The van der Waals surface area contributed by atoms with Crippen molar-refractivity contribution in [2.45, 2.75) is 32.2 Å². The molecule has 2 saturated heterocycles. The van der Waals surface area contributed by atoms with E-state index in [1.807, 2.05) is 13.2 Å². The molecule has 0 radical (unpaired) electrons. The molecular weight excluding hydrogens is 240 g/mol. The molecular formula is C14H22N4O. The predicted molar refractivity (Wildman–Crippen MR) is 73.0 cm³/mol. The molecule has 2 fully saturated rings. The van der Waals surface area contributed by atoms with Crippen molar-refractivity contribution in [3.8, 4) is 0 Å². The van der Waals surface area contributed by atoms with Gasteiger partial charge in [0.2, 0.25) is 0 Å². The van der Waals surface area contributed by atoms with Crippen molar-refractivity contribution in [1.82, 2.24) is 20.0 Å². The average molecular weight is 262 g/mol. The minimum atomic E-state index is 0.170. The van der Waals surface area contributed by atoms with Gasteiger partial charge < -0.3 is 10.2 Å². The average Bonchev–Trinajstić information content (AvgIpc) is 3.03.